The molecule has 2 rings (SSSR count). The lowest BCUT2D eigenvalue weighted by Gasteiger charge is -2.09. The Labute approximate surface area is 98.3 Å². The first-order valence-electron chi connectivity index (χ1n) is 6.35. The molecule has 0 radical (unpaired) electrons. The van der Waals surface area contributed by atoms with Gasteiger partial charge in [0.2, 0.25) is 0 Å². The maximum absolute atomic E-state index is 2.40. The number of rotatable bonds is 4. The number of hydrogen-bond donors (Lipinski definition) is 0. The SMILES string of the molecule is CCCc1cc(CCC)c2ccccc2c1. The maximum Gasteiger partial charge on any atom is -0.0152 e. The Bertz CT molecular complexity index is 468. The van der Waals surface area contributed by atoms with Crippen molar-refractivity contribution in [2.75, 3.05) is 0 Å². The molecule has 0 nitrogen and oxygen atoms in total. The van der Waals surface area contributed by atoms with E-state index in [2.05, 4.69) is 50.2 Å². The average molecular weight is 212 g/mol. The molecule has 2 aromatic carbocycles. The quantitative estimate of drug-likeness (QED) is 0.686. The van der Waals surface area contributed by atoms with Crippen LogP contribution in [0.1, 0.15) is 37.8 Å². The van der Waals surface area contributed by atoms with Crippen molar-refractivity contribution in [2.24, 2.45) is 0 Å². The van der Waals surface area contributed by atoms with E-state index in [0.29, 0.717) is 0 Å². The standard InChI is InChI=1S/C16H20/c1-3-7-13-11-14(8-4-2)16-10-6-5-9-15(16)12-13/h5-6,9-12H,3-4,7-8H2,1-2H3. The molecule has 0 aromatic heterocycles. The van der Waals surface area contributed by atoms with Crippen molar-refractivity contribution in [3.8, 4) is 0 Å². The van der Waals surface area contributed by atoms with Gasteiger partial charge in [0.15, 0.2) is 0 Å². The normalized spacial score (nSPS) is 10.9. The van der Waals surface area contributed by atoms with Gasteiger partial charge >= 0.3 is 0 Å². The molecule has 0 aliphatic heterocycles. The van der Waals surface area contributed by atoms with Crippen molar-refractivity contribution >= 4 is 10.8 Å². The van der Waals surface area contributed by atoms with Gasteiger partial charge in [0.1, 0.15) is 0 Å². The molecule has 0 saturated heterocycles. The fourth-order valence-corrected chi connectivity index (χ4v) is 2.37. The van der Waals surface area contributed by atoms with Gasteiger partial charge in [0.25, 0.3) is 0 Å². The Balaban J connectivity index is 2.54. The third kappa shape index (κ3) is 2.27. The highest BCUT2D eigenvalue weighted by molar-refractivity contribution is 5.86. The molecule has 0 aliphatic rings. The molecule has 0 spiro atoms. The number of hydrogen-bond acceptors (Lipinski definition) is 0. The molecule has 0 fully saturated rings. The number of fused-ring (bicyclic) bond motifs is 1. The highest BCUT2D eigenvalue weighted by atomic mass is 14.1. The monoisotopic (exact) mass is 212 g/mol. The van der Waals surface area contributed by atoms with Crippen molar-refractivity contribution in [3.05, 3.63) is 47.5 Å². The minimum Gasteiger partial charge on any atom is -0.0651 e. The number of benzene rings is 2. The van der Waals surface area contributed by atoms with Crippen LogP contribution in [0, 0.1) is 0 Å². The molecule has 0 aliphatic carbocycles. The van der Waals surface area contributed by atoms with Gasteiger partial charge in [-0.1, -0.05) is 63.1 Å². The van der Waals surface area contributed by atoms with E-state index in [1.165, 1.54) is 47.6 Å². The van der Waals surface area contributed by atoms with Crippen LogP contribution >= 0.6 is 0 Å². The Morgan fingerprint density at radius 2 is 1.62 bits per heavy atom. The van der Waals surface area contributed by atoms with Crippen molar-refractivity contribution in [1.29, 1.82) is 0 Å². The van der Waals surface area contributed by atoms with Crippen LogP contribution in [0.5, 0.6) is 0 Å². The number of aryl methyl sites for hydroxylation is 2. The zero-order chi connectivity index (χ0) is 11.4. The fraction of sp³-hybridized carbons (Fsp3) is 0.375. The van der Waals surface area contributed by atoms with Crippen LogP contribution in [0.2, 0.25) is 0 Å². The van der Waals surface area contributed by atoms with Gasteiger partial charge in [-0.3, -0.25) is 0 Å². The Kier molecular flexibility index (Phi) is 3.61. The minimum atomic E-state index is 1.19. The molecule has 0 atom stereocenters. The second-order valence-electron chi connectivity index (χ2n) is 4.48. The molecule has 0 bridgehead atoms. The lowest BCUT2D eigenvalue weighted by atomic mass is 9.96. The van der Waals surface area contributed by atoms with Gasteiger partial charge in [-0.05, 0) is 34.7 Å². The van der Waals surface area contributed by atoms with E-state index in [0.717, 1.165) is 0 Å². The molecule has 0 amide bonds. The first-order valence-corrected chi connectivity index (χ1v) is 6.35. The maximum atomic E-state index is 2.40. The van der Waals surface area contributed by atoms with E-state index >= 15 is 0 Å². The summed E-state index contributed by atoms with van der Waals surface area (Å²) >= 11 is 0. The van der Waals surface area contributed by atoms with E-state index in [1.54, 1.807) is 0 Å². The van der Waals surface area contributed by atoms with Gasteiger partial charge in [-0.15, -0.1) is 0 Å². The summed E-state index contributed by atoms with van der Waals surface area (Å²) in [6, 6.07) is 13.5. The van der Waals surface area contributed by atoms with Crippen LogP contribution in [0.3, 0.4) is 0 Å². The second kappa shape index (κ2) is 5.16. The van der Waals surface area contributed by atoms with E-state index in [4.69, 9.17) is 0 Å². The van der Waals surface area contributed by atoms with Crippen LogP contribution < -0.4 is 0 Å². The first-order chi connectivity index (χ1) is 7.85. The smallest absolute Gasteiger partial charge is 0.0152 e. The third-order valence-electron chi connectivity index (χ3n) is 3.07. The first kappa shape index (κ1) is 11.2. The Hall–Kier alpha value is -1.30. The summed E-state index contributed by atoms with van der Waals surface area (Å²) in [6.07, 6.45) is 4.84. The molecule has 0 N–H and O–H groups in total. The topological polar surface area (TPSA) is 0 Å². The fourth-order valence-electron chi connectivity index (χ4n) is 2.37. The van der Waals surface area contributed by atoms with E-state index < -0.39 is 0 Å². The lowest BCUT2D eigenvalue weighted by molar-refractivity contribution is 0.902. The summed E-state index contributed by atoms with van der Waals surface area (Å²) in [5.41, 5.74) is 3.01. The lowest BCUT2D eigenvalue weighted by Crippen LogP contribution is -1.91. The summed E-state index contributed by atoms with van der Waals surface area (Å²) in [4.78, 5) is 0. The molecule has 0 saturated carbocycles. The van der Waals surface area contributed by atoms with Gasteiger partial charge < -0.3 is 0 Å². The summed E-state index contributed by atoms with van der Waals surface area (Å²) < 4.78 is 0. The highest BCUT2D eigenvalue weighted by Crippen LogP contribution is 2.23. The Morgan fingerprint density at radius 1 is 0.875 bits per heavy atom. The molecular formula is C16H20. The average Bonchev–Trinajstić information content (AvgIpc) is 2.30. The molecular weight excluding hydrogens is 192 g/mol. The van der Waals surface area contributed by atoms with E-state index in [1.807, 2.05) is 0 Å². The van der Waals surface area contributed by atoms with Crippen LogP contribution in [-0.4, -0.2) is 0 Å². The third-order valence-corrected chi connectivity index (χ3v) is 3.07. The van der Waals surface area contributed by atoms with Crippen LogP contribution in [0.4, 0.5) is 0 Å². The van der Waals surface area contributed by atoms with Crippen molar-refractivity contribution < 1.29 is 0 Å². The predicted octanol–water partition coefficient (Wildman–Crippen LogP) is 4.74. The molecule has 0 heterocycles. The summed E-state index contributed by atoms with van der Waals surface area (Å²) in [5, 5.41) is 2.83. The Morgan fingerprint density at radius 3 is 2.38 bits per heavy atom. The second-order valence-corrected chi connectivity index (χ2v) is 4.48. The molecule has 0 unspecified atom stereocenters. The van der Waals surface area contributed by atoms with E-state index in [-0.39, 0.29) is 0 Å². The van der Waals surface area contributed by atoms with Gasteiger partial charge in [0, 0.05) is 0 Å². The molecule has 84 valence electrons. The van der Waals surface area contributed by atoms with Gasteiger partial charge in [-0.25, -0.2) is 0 Å². The van der Waals surface area contributed by atoms with Gasteiger partial charge in [-0.2, -0.15) is 0 Å². The highest BCUT2D eigenvalue weighted by Gasteiger charge is 2.02. The molecule has 16 heavy (non-hydrogen) atoms. The van der Waals surface area contributed by atoms with Crippen molar-refractivity contribution in [2.45, 2.75) is 39.5 Å². The minimum absolute atomic E-state index is 1.19. The zero-order valence-corrected chi connectivity index (χ0v) is 10.3. The molecule has 0 heteroatoms. The predicted molar refractivity (Wildman–Crippen MR) is 71.9 cm³/mol. The largest absolute Gasteiger partial charge is 0.0651 e. The van der Waals surface area contributed by atoms with Crippen LogP contribution in [0.15, 0.2) is 36.4 Å². The summed E-state index contributed by atoms with van der Waals surface area (Å²) in [7, 11) is 0. The zero-order valence-electron chi connectivity index (χ0n) is 10.3. The van der Waals surface area contributed by atoms with Gasteiger partial charge in [0.05, 0.1) is 0 Å². The summed E-state index contributed by atoms with van der Waals surface area (Å²) in [5.74, 6) is 0. The summed E-state index contributed by atoms with van der Waals surface area (Å²) in [6.45, 7) is 4.50. The molecule has 2 aromatic rings. The van der Waals surface area contributed by atoms with Crippen molar-refractivity contribution in [3.63, 3.8) is 0 Å². The van der Waals surface area contributed by atoms with Crippen LogP contribution in [0.25, 0.3) is 10.8 Å². The van der Waals surface area contributed by atoms with Crippen molar-refractivity contribution in [1.82, 2.24) is 0 Å². The van der Waals surface area contributed by atoms with Crippen LogP contribution in [-0.2, 0) is 12.8 Å². The van der Waals surface area contributed by atoms with E-state index in [9.17, 15) is 0 Å².